The summed E-state index contributed by atoms with van der Waals surface area (Å²) in [5.41, 5.74) is 3.42. The molecule has 0 unspecified atom stereocenters. The first-order chi connectivity index (χ1) is 11.7. The average molecular weight is 342 g/mol. The molecule has 2 heterocycles. The van der Waals surface area contributed by atoms with E-state index < -0.39 is 0 Å². The minimum atomic E-state index is -0.106. The number of imidazole rings is 1. The summed E-state index contributed by atoms with van der Waals surface area (Å²) in [6.45, 7) is 2.91. The Morgan fingerprint density at radius 1 is 1.42 bits per heavy atom. The van der Waals surface area contributed by atoms with E-state index in [-0.39, 0.29) is 5.91 Å². The number of benzene rings is 1. The SMILES string of the molecule is COCCNC(=O)c1cccc(-n2ccnc2-c2cnsc2)c1C. The van der Waals surface area contributed by atoms with Gasteiger partial charge in [-0.25, -0.2) is 9.36 Å². The normalized spacial score (nSPS) is 10.8. The smallest absolute Gasteiger partial charge is 0.251 e. The molecule has 0 bridgehead atoms. The van der Waals surface area contributed by atoms with Crippen LogP contribution in [0.4, 0.5) is 0 Å². The van der Waals surface area contributed by atoms with Crippen LogP contribution in [0, 0.1) is 6.92 Å². The second-order valence-electron chi connectivity index (χ2n) is 5.23. The Labute approximate surface area is 144 Å². The molecule has 0 aliphatic carbocycles. The van der Waals surface area contributed by atoms with Gasteiger partial charge in [0.1, 0.15) is 5.82 Å². The molecule has 6 nitrogen and oxygen atoms in total. The largest absolute Gasteiger partial charge is 0.383 e. The predicted octanol–water partition coefficient (Wildman–Crippen LogP) is 2.68. The number of rotatable bonds is 6. The van der Waals surface area contributed by atoms with Gasteiger partial charge in [0.15, 0.2) is 0 Å². The van der Waals surface area contributed by atoms with Crippen molar-refractivity contribution in [3.05, 3.63) is 53.3 Å². The molecular formula is C17H18N4O2S. The molecule has 0 spiro atoms. The second-order valence-corrected chi connectivity index (χ2v) is 5.89. The molecule has 0 saturated heterocycles. The van der Waals surface area contributed by atoms with Crippen LogP contribution in [-0.4, -0.2) is 40.1 Å². The molecular weight excluding hydrogens is 324 g/mol. The number of ether oxygens (including phenoxy) is 1. The van der Waals surface area contributed by atoms with Gasteiger partial charge in [-0.15, -0.1) is 0 Å². The van der Waals surface area contributed by atoms with Crippen molar-refractivity contribution in [3.63, 3.8) is 0 Å². The number of carbonyl (C=O) groups is 1. The van der Waals surface area contributed by atoms with Gasteiger partial charge in [-0.1, -0.05) is 6.07 Å². The molecule has 1 N–H and O–H groups in total. The van der Waals surface area contributed by atoms with E-state index in [2.05, 4.69) is 14.7 Å². The van der Waals surface area contributed by atoms with Gasteiger partial charge < -0.3 is 10.1 Å². The third kappa shape index (κ3) is 3.22. The van der Waals surface area contributed by atoms with Crippen LogP contribution in [0.3, 0.4) is 0 Å². The van der Waals surface area contributed by atoms with Crippen LogP contribution in [0.15, 0.2) is 42.2 Å². The van der Waals surface area contributed by atoms with Gasteiger partial charge in [-0.3, -0.25) is 9.36 Å². The summed E-state index contributed by atoms with van der Waals surface area (Å²) in [5, 5.41) is 4.81. The van der Waals surface area contributed by atoms with E-state index >= 15 is 0 Å². The molecule has 3 aromatic rings. The lowest BCUT2D eigenvalue weighted by molar-refractivity contribution is 0.0936. The molecule has 0 aliphatic heterocycles. The lowest BCUT2D eigenvalue weighted by Crippen LogP contribution is -2.27. The van der Waals surface area contributed by atoms with Crippen LogP contribution in [0.5, 0.6) is 0 Å². The van der Waals surface area contributed by atoms with Crippen LogP contribution in [0.2, 0.25) is 0 Å². The molecule has 3 rings (SSSR count). The zero-order valence-corrected chi connectivity index (χ0v) is 14.3. The minimum absolute atomic E-state index is 0.106. The van der Waals surface area contributed by atoms with Gasteiger partial charge in [0.2, 0.25) is 0 Å². The first-order valence-electron chi connectivity index (χ1n) is 7.52. The predicted molar refractivity (Wildman–Crippen MR) is 93.6 cm³/mol. The quantitative estimate of drug-likeness (QED) is 0.699. The van der Waals surface area contributed by atoms with Crippen molar-refractivity contribution in [1.29, 1.82) is 0 Å². The molecule has 0 fully saturated rings. The number of methoxy groups -OCH3 is 1. The van der Waals surface area contributed by atoms with Crippen LogP contribution in [0.25, 0.3) is 17.1 Å². The Kier molecular flexibility index (Phi) is 5.02. The third-order valence-electron chi connectivity index (χ3n) is 3.73. The summed E-state index contributed by atoms with van der Waals surface area (Å²) < 4.78 is 11.1. The van der Waals surface area contributed by atoms with E-state index in [4.69, 9.17) is 4.74 Å². The van der Waals surface area contributed by atoms with Crippen molar-refractivity contribution in [3.8, 4) is 17.1 Å². The second kappa shape index (κ2) is 7.37. The molecule has 24 heavy (non-hydrogen) atoms. The van der Waals surface area contributed by atoms with Gasteiger partial charge in [0.05, 0.1) is 18.5 Å². The highest BCUT2D eigenvalue weighted by atomic mass is 32.1. The van der Waals surface area contributed by atoms with E-state index in [1.54, 1.807) is 19.5 Å². The first kappa shape index (κ1) is 16.4. The topological polar surface area (TPSA) is 69.0 Å². The molecule has 0 atom stereocenters. The number of carbonyl (C=O) groups excluding carboxylic acids is 1. The van der Waals surface area contributed by atoms with Crippen LogP contribution in [0.1, 0.15) is 15.9 Å². The Bertz CT molecular complexity index is 827. The summed E-state index contributed by atoms with van der Waals surface area (Å²) in [4.78, 5) is 16.8. The molecule has 2 aromatic heterocycles. The molecule has 0 radical (unpaired) electrons. The standard InChI is InChI=1S/C17H18N4O2S/c1-12-14(17(22)19-7-9-23-2)4-3-5-15(12)21-8-6-18-16(21)13-10-20-24-11-13/h3-6,8,10-11H,7,9H2,1-2H3,(H,19,22). The highest BCUT2D eigenvalue weighted by Gasteiger charge is 2.15. The van der Waals surface area contributed by atoms with Gasteiger partial charge in [0, 0.05) is 42.6 Å². The van der Waals surface area contributed by atoms with Gasteiger partial charge >= 0.3 is 0 Å². The number of nitrogens with one attached hydrogen (secondary N) is 1. The molecule has 124 valence electrons. The first-order valence-corrected chi connectivity index (χ1v) is 8.36. The maximum Gasteiger partial charge on any atom is 0.251 e. The van der Waals surface area contributed by atoms with Crippen molar-refractivity contribution in [2.24, 2.45) is 0 Å². The highest BCUT2D eigenvalue weighted by Crippen LogP contribution is 2.25. The number of aromatic nitrogens is 3. The third-order valence-corrected chi connectivity index (χ3v) is 4.32. The minimum Gasteiger partial charge on any atom is -0.383 e. The molecule has 1 amide bonds. The Morgan fingerprint density at radius 2 is 2.29 bits per heavy atom. The Balaban J connectivity index is 1.95. The van der Waals surface area contributed by atoms with Crippen molar-refractivity contribution in [2.45, 2.75) is 6.92 Å². The van der Waals surface area contributed by atoms with Crippen molar-refractivity contribution >= 4 is 17.4 Å². The van der Waals surface area contributed by atoms with Crippen LogP contribution < -0.4 is 5.32 Å². The average Bonchev–Trinajstić information content (AvgIpc) is 3.26. The molecule has 7 heteroatoms. The molecule has 1 aromatic carbocycles. The number of hydrogen-bond donors (Lipinski definition) is 1. The van der Waals surface area contributed by atoms with Crippen molar-refractivity contribution in [1.82, 2.24) is 19.2 Å². The number of nitrogens with zero attached hydrogens (tertiary/aromatic N) is 3. The fourth-order valence-corrected chi connectivity index (χ4v) is 3.03. The van der Waals surface area contributed by atoms with Gasteiger partial charge in [0.25, 0.3) is 5.91 Å². The number of amides is 1. The Hall–Kier alpha value is -2.51. The van der Waals surface area contributed by atoms with Crippen molar-refractivity contribution in [2.75, 3.05) is 20.3 Å². The summed E-state index contributed by atoms with van der Waals surface area (Å²) in [7, 11) is 1.61. The van der Waals surface area contributed by atoms with E-state index in [1.807, 2.05) is 41.3 Å². The van der Waals surface area contributed by atoms with E-state index in [0.717, 1.165) is 22.6 Å². The highest BCUT2D eigenvalue weighted by molar-refractivity contribution is 7.03. The molecule has 0 aliphatic rings. The Morgan fingerprint density at radius 3 is 3.04 bits per heavy atom. The maximum absolute atomic E-state index is 12.4. The van der Waals surface area contributed by atoms with E-state index in [1.165, 1.54) is 11.5 Å². The lowest BCUT2D eigenvalue weighted by atomic mass is 10.1. The monoisotopic (exact) mass is 342 g/mol. The fourth-order valence-electron chi connectivity index (χ4n) is 2.52. The molecule has 0 saturated carbocycles. The maximum atomic E-state index is 12.4. The van der Waals surface area contributed by atoms with Gasteiger partial charge in [-0.05, 0) is 36.2 Å². The van der Waals surface area contributed by atoms with Crippen LogP contribution >= 0.6 is 11.5 Å². The van der Waals surface area contributed by atoms with Crippen LogP contribution in [-0.2, 0) is 4.74 Å². The summed E-state index contributed by atoms with van der Waals surface area (Å²) in [6, 6.07) is 5.68. The number of hydrogen-bond acceptors (Lipinski definition) is 5. The zero-order valence-electron chi connectivity index (χ0n) is 13.5. The van der Waals surface area contributed by atoms with E-state index in [9.17, 15) is 4.79 Å². The summed E-state index contributed by atoms with van der Waals surface area (Å²) in [6.07, 6.45) is 5.43. The van der Waals surface area contributed by atoms with Crippen molar-refractivity contribution < 1.29 is 9.53 Å². The summed E-state index contributed by atoms with van der Waals surface area (Å²) >= 11 is 1.39. The lowest BCUT2D eigenvalue weighted by Gasteiger charge is -2.14. The fraction of sp³-hybridized carbons (Fsp3) is 0.235. The zero-order chi connectivity index (χ0) is 16.9. The summed E-state index contributed by atoms with van der Waals surface area (Å²) in [5.74, 6) is 0.703. The van der Waals surface area contributed by atoms with E-state index in [0.29, 0.717) is 18.7 Å². The van der Waals surface area contributed by atoms with Gasteiger partial charge in [-0.2, -0.15) is 0 Å².